The van der Waals surface area contributed by atoms with Crippen LogP contribution in [0.1, 0.15) is 27.1 Å². The van der Waals surface area contributed by atoms with E-state index in [-0.39, 0.29) is 17.5 Å². The van der Waals surface area contributed by atoms with Gasteiger partial charge in [0, 0.05) is 10.6 Å². The van der Waals surface area contributed by atoms with Crippen molar-refractivity contribution in [2.24, 2.45) is 0 Å². The molecule has 7 nitrogen and oxygen atoms in total. The largest absolute Gasteiger partial charge is 0.486 e. The van der Waals surface area contributed by atoms with Gasteiger partial charge in [-0.1, -0.05) is 17.2 Å². The Morgan fingerprint density at radius 3 is 2.37 bits per heavy atom. The molecule has 0 aromatic heterocycles. The number of hydroxylamine groups is 2. The monoisotopic (exact) mass is 385 g/mol. The molecule has 0 N–H and O–H groups in total. The van der Waals surface area contributed by atoms with E-state index in [1.807, 2.05) is 18.2 Å². The molecule has 0 spiro atoms. The molecular formula is C19H15NO6S. The fourth-order valence-corrected chi connectivity index (χ4v) is 3.62. The van der Waals surface area contributed by atoms with E-state index < -0.39 is 17.8 Å². The molecule has 2 aromatic rings. The molecular weight excluding hydrogens is 370 g/mol. The summed E-state index contributed by atoms with van der Waals surface area (Å²) in [6.07, 6.45) is 0.0481. The third-order valence-electron chi connectivity index (χ3n) is 4.04. The first-order valence-electron chi connectivity index (χ1n) is 8.34. The van der Waals surface area contributed by atoms with Crippen molar-refractivity contribution >= 4 is 29.5 Å². The van der Waals surface area contributed by atoms with Crippen molar-refractivity contribution in [2.75, 3.05) is 19.0 Å². The van der Waals surface area contributed by atoms with E-state index >= 15 is 0 Å². The standard InChI is InChI=1S/C19H15NO6S/c21-17(26-20-18(22)13-3-1-2-4-14(13)19(20)23)7-10-27-12-5-6-15-16(11-12)25-9-8-24-15/h1-6,11H,7-10H2. The van der Waals surface area contributed by atoms with Gasteiger partial charge in [-0.3, -0.25) is 9.59 Å². The molecule has 2 aliphatic rings. The Hall–Kier alpha value is -3.00. The summed E-state index contributed by atoms with van der Waals surface area (Å²) in [4.78, 5) is 42.3. The number of imide groups is 1. The molecule has 0 bridgehead atoms. The third kappa shape index (κ3) is 3.48. The molecule has 0 atom stereocenters. The molecule has 2 heterocycles. The van der Waals surface area contributed by atoms with Gasteiger partial charge in [-0.05, 0) is 30.3 Å². The number of carbonyl (C=O) groups is 3. The van der Waals surface area contributed by atoms with Gasteiger partial charge in [0.05, 0.1) is 17.5 Å². The summed E-state index contributed by atoms with van der Waals surface area (Å²) in [5, 5.41) is 0.530. The van der Waals surface area contributed by atoms with Crippen LogP contribution in [0.4, 0.5) is 0 Å². The van der Waals surface area contributed by atoms with Crippen molar-refractivity contribution in [3.8, 4) is 11.5 Å². The number of rotatable bonds is 5. The zero-order valence-corrected chi connectivity index (χ0v) is 15.0. The first-order chi connectivity index (χ1) is 13.1. The Bertz CT molecular complexity index is 893. The smallest absolute Gasteiger partial charge is 0.334 e. The lowest BCUT2D eigenvalue weighted by molar-refractivity contribution is -0.167. The van der Waals surface area contributed by atoms with Gasteiger partial charge < -0.3 is 14.3 Å². The highest BCUT2D eigenvalue weighted by molar-refractivity contribution is 7.99. The Labute approximate surface area is 159 Å². The molecule has 2 amide bonds. The lowest BCUT2D eigenvalue weighted by Gasteiger charge is -2.18. The summed E-state index contributed by atoms with van der Waals surface area (Å²) in [5.74, 6) is -0.0707. The quantitative estimate of drug-likeness (QED) is 0.578. The van der Waals surface area contributed by atoms with Crippen LogP contribution in [0.25, 0.3) is 0 Å². The van der Waals surface area contributed by atoms with E-state index in [0.29, 0.717) is 35.5 Å². The van der Waals surface area contributed by atoms with Crippen LogP contribution in [0.2, 0.25) is 0 Å². The van der Waals surface area contributed by atoms with E-state index in [0.717, 1.165) is 4.90 Å². The van der Waals surface area contributed by atoms with Crippen LogP contribution in [0.3, 0.4) is 0 Å². The van der Waals surface area contributed by atoms with Crippen molar-refractivity contribution in [2.45, 2.75) is 11.3 Å². The summed E-state index contributed by atoms with van der Waals surface area (Å²) in [6, 6.07) is 11.9. The number of benzene rings is 2. The summed E-state index contributed by atoms with van der Waals surface area (Å²) in [5.41, 5.74) is 0.474. The van der Waals surface area contributed by atoms with Crippen LogP contribution in [-0.2, 0) is 9.63 Å². The number of thioether (sulfide) groups is 1. The second kappa shape index (κ2) is 7.32. The Balaban J connectivity index is 1.31. The molecule has 0 aliphatic carbocycles. The number of ether oxygens (including phenoxy) is 2. The minimum atomic E-state index is -0.644. The SMILES string of the molecule is O=C(CCSc1ccc2c(c1)OCCO2)ON1C(=O)c2ccccc2C1=O. The summed E-state index contributed by atoms with van der Waals surface area (Å²) >= 11 is 1.44. The number of hydrogen-bond acceptors (Lipinski definition) is 7. The average Bonchev–Trinajstić information content (AvgIpc) is 2.93. The lowest BCUT2D eigenvalue weighted by atomic mass is 10.1. The van der Waals surface area contributed by atoms with Crippen LogP contribution in [0.5, 0.6) is 11.5 Å². The molecule has 27 heavy (non-hydrogen) atoms. The van der Waals surface area contributed by atoms with E-state index in [4.69, 9.17) is 14.3 Å². The molecule has 138 valence electrons. The van der Waals surface area contributed by atoms with Gasteiger partial charge in [0.1, 0.15) is 13.2 Å². The van der Waals surface area contributed by atoms with Gasteiger partial charge in [-0.25, -0.2) is 4.79 Å². The molecule has 0 saturated heterocycles. The highest BCUT2D eigenvalue weighted by atomic mass is 32.2. The maximum atomic E-state index is 12.2. The minimum Gasteiger partial charge on any atom is -0.486 e. The highest BCUT2D eigenvalue weighted by Crippen LogP contribution is 2.34. The zero-order valence-electron chi connectivity index (χ0n) is 14.2. The average molecular weight is 385 g/mol. The summed E-state index contributed by atoms with van der Waals surface area (Å²) in [7, 11) is 0. The first-order valence-corrected chi connectivity index (χ1v) is 9.33. The molecule has 4 rings (SSSR count). The minimum absolute atomic E-state index is 0.0481. The second-order valence-corrected chi connectivity index (χ2v) is 6.99. The number of nitrogens with zero attached hydrogens (tertiary/aromatic N) is 1. The number of fused-ring (bicyclic) bond motifs is 2. The van der Waals surface area contributed by atoms with Crippen molar-refractivity contribution in [3.05, 3.63) is 53.6 Å². The van der Waals surface area contributed by atoms with Gasteiger partial charge in [-0.15, -0.1) is 11.8 Å². The van der Waals surface area contributed by atoms with Gasteiger partial charge in [0.2, 0.25) is 0 Å². The van der Waals surface area contributed by atoms with Crippen molar-refractivity contribution < 1.29 is 28.7 Å². The van der Waals surface area contributed by atoms with E-state index in [9.17, 15) is 14.4 Å². The zero-order chi connectivity index (χ0) is 18.8. The van der Waals surface area contributed by atoms with Crippen molar-refractivity contribution in [1.82, 2.24) is 5.06 Å². The molecule has 0 saturated carbocycles. The number of amides is 2. The van der Waals surface area contributed by atoms with Crippen LogP contribution >= 0.6 is 11.8 Å². The summed E-state index contributed by atoms with van der Waals surface area (Å²) in [6.45, 7) is 1.04. The van der Waals surface area contributed by atoms with Crippen LogP contribution < -0.4 is 9.47 Å². The fraction of sp³-hybridized carbons (Fsp3) is 0.211. The van der Waals surface area contributed by atoms with Crippen molar-refractivity contribution in [1.29, 1.82) is 0 Å². The maximum Gasteiger partial charge on any atom is 0.334 e. The van der Waals surface area contributed by atoms with Crippen LogP contribution in [0.15, 0.2) is 47.4 Å². The van der Waals surface area contributed by atoms with Gasteiger partial charge in [0.25, 0.3) is 11.8 Å². The molecule has 2 aromatic carbocycles. The van der Waals surface area contributed by atoms with Crippen molar-refractivity contribution in [3.63, 3.8) is 0 Å². The summed E-state index contributed by atoms with van der Waals surface area (Å²) < 4.78 is 11.0. The molecule has 0 radical (unpaired) electrons. The molecule has 8 heteroatoms. The van der Waals surface area contributed by atoms with Gasteiger partial charge in [0.15, 0.2) is 11.5 Å². The highest BCUT2D eigenvalue weighted by Gasteiger charge is 2.38. The first kappa shape index (κ1) is 17.4. The van der Waals surface area contributed by atoms with Crippen LogP contribution in [0, 0.1) is 0 Å². The Morgan fingerprint density at radius 2 is 1.67 bits per heavy atom. The third-order valence-corrected chi connectivity index (χ3v) is 5.03. The maximum absolute atomic E-state index is 12.2. The predicted octanol–water partition coefficient (Wildman–Crippen LogP) is 2.69. The Kier molecular flexibility index (Phi) is 4.72. The Morgan fingerprint density at radius 1 is 1.00 bits per heavy atom. The van der Waals surface area contributed by atoms with E-state index in [2.05, 4.69) is 0 Å². The normalized spacial score (nSPS) is 14.9. The number of carbonyl (C=O) groups excluding carboxylic acids is 3. The van der Waals surface area contributed by atoms with Gasteiger partial charge >= 0.3 is 5.97 Å². The fourth-order valence-electron chi connectivity index (χ4n) is 2.76. The molecule has 0 fully saturated rings. The predicted molar refractivity (Wildman–Crippen MR) is 95.8 cm³/mol. The van der Waals surface area contributed by atoms with Gasteiger partial charge in [-0.2, -0.15) is 0 Å². The molecule has 0 unspecified atom stereocenters. The lowest BCUT2D eigenvalue weighted by Crippen LogP contribution is -2.32. The molecule has 2 aliphatic heterocycles. The number of hydrogen-bond donors (Lipinski definition) is 0. The topological polar surface area (TPSA) is 82.1 Å². The van der Waals surface area contributed by atoms with E-state index in [1.54, 1.807) is 12.1 Å². The van der Waals surface area contributed by atoms with Crippen LogP contribution in [-0.4, -0.2) is 41.8 Å². The van der Waals surface area contributed by atoms with E-state index in [1.165, 1.54) is 23.9 Å². The second-order valence-electron chi connectivity index (χ2n) is 5.82.